The lowest BCUT2D eigenvalue weighted by molar-refractivity contribution is 0.360. The molecule has 0 aliphatic heterocycles. The quantitative estimate of drug-likeness (QED) is 0.360. The molecule has 0 saturated heterocycles. The van der Waals surface area contributed by atoms with Crippen molar-refractivity contribution < 1.29 is 9.84 Å². The first-order chi connectivity index (χ1) is 16.6. The molecule has 4 aromatic rings. The smallest absolute Gasteiger partial charge is 0.163 e. The van der Waals surface area contributed by atoms with Crippen LogP contribution in [0.2, 0.25) is 0 Å². The van der Waals surface area contributed by atoms with Gasteiger partial charge in [0, 0.05) is 22.6 Å². The molecule has 2 heterocycles. The fourth-order valence-corrected chi connectivity index (χ4v) is 5.65. The molecule has 3 N–H and O–H groups in total. The van der Waals surface area contributed by atoms with Gasteiger partial charge in [-0.15, -0.1) is 0 Å². The highest BCUT2D eigenvalue weighted by Crippen LogP contribution is 2.35. The molecule has 1 atom stereocenters. The Labute approximate surface area is 202 Å². The number of nitrogens with zero attached hydrogens (tertiary/aromatic N) is 4. The maximum absolute atomic E-state index is 10.3. The number of aromatic hydroxyl groups is 1. The molecule has 34 heavy (non-hydrogen) atoms. The minimum Gasteiger partial charge on any atom is -0.508 e. The van der Waals surface area contributed by atoms with Crippen molar-refractivity contribution in [2.45, 2.75) is 31.1 Å². The van der Waals surface area contributed by atoms with Crippen molar-refractivity contribution in [2.75, 3.05) is 18.1 Å². The summed E-state index contributed by atoms with van der Waals surface area (Å²) in [4.78, 5) is 8.65. The number of rotatable bonds is 8. The predicted molar refractivity (Wildman–Crippen MR) is 137 cm³/mol. The minimum absolute atomic E-state index is 0.0859. The number of aryl methyl sites for hydroxylation is 2. The molecule has 7 nitrogen and oxygen atoms in total. The van der Waals surface area contributed by atoms with E-state index in [2.05, 4.69) is 40.8 Å². The fourth-order valence-electron chi connectivity index (χ4n) is 4.46. The van der Waals surface area contributed by atoms with E-state index in [-0.39, 0.29) is 5.75 Å². The Bertz CT molecular complexity index is 1340. The molecule has 0 amide bonds. The van der Waals surface area contributed by atoms with E-state index in [1.165, 1.54) is 23.9 Å². The van der Waals surface area contributed by atoms with Gasteiger partial charge in [-0.25, -0.2) is 14.6 Å². The number of nitrogens with two attached hydrogens (primary N) is 1. The van der Waals surface area contributed by atoms with Gasteiger partial charge < -0.3 is 15.6 Å². The first kappa shape index (κ1) is 22.3. The van der Waals surface area contributed by atoms with Crippen LogP contribution in [0.3, 0.4) is 0 Å². The number of nitrogen functional groups attached to an aromatic ring is 1. The summed E-state index contributed by atoms with van der Waals surface area (Å²) in [5, 5.41) is 16.4. The van der Waals surface area contributed by atoms with E-state index < -0.39 is 0 Å². The summed E-state index contributed by atoms with van der Waals surface area (Å²) in [6.45, 7) is 4.71. The second kappa shape index (κ2) is 9.77. The second-order valence-corrected chi connectivity index (χ2v) is 9.76. The van der Waals surface area contributed by atoms with Crippen LogP contribution in [-0.2, 0) is 19.4 Å². The standard InChI is InChI=1S/C26H27N5O2S/c1-2-10-33-21-13-19(12-20(32)15-21)24-23-25(27)28-16-29-26(23)31(30-24)9-11-34-22-8-7-17-5-3-4-6-18(17)14-22/h2-6,12-13,15-16,22,32H,1,7-11,14H2,(H2,27,28,29). The summed E-state index contributed by atoms with van der Waals surface area (Å²) in [7, 11) is 0. The average Bonchev–Trinajstić information content (AvgIpc) is 3.22. The first-order valence-corrected chi connectivity index (χ1v) is 12.4. The lowest BCUT2D eigenvalue weighted by Crippen LogP contribution is -2.17. The number of anilines is 1. The summed E-state index contributed by atoms with van der Waals surface area (Å²) in [5.74, 6) is 1.89. The Morgan fingerprint density at radius 2 is 2.06 bits per heavy atom. The Kier molecular flexibility index (Phi) is 6.40. The molecule has 2 aromatic heterocycles. The number of phenols is 1. The largest absolute Gasteiger partial charge is 0.508 e. The molecule has 0 spiro atoms. The third-order valence-electron chi connectivity index (χ3n) is 6.05. The summed E-state index contributed by atoms with van der Waals surface area (Å²) in [6.07, 6.45) is 6.56. The molecule has 2 aromatic carbocycles. The summed E-state index contributed by atoms with van der Waals surface area (Å²) in [5.41, 5.74) is 11.2. The monoisotopic (exact) mass is 473 g/mol. The summed E-state index contributed by atoms with van der Waals surface area (Å²) >= 11 is 1.98. The molecular weight excluding hydrogens is 446 g/mol. The third kappa shape index (κ3) is 4.59. The zero-order chi connectivity index (χ0) is 23.5. The van der Waals surface area contributed by atoms with Gasteiger partial charge in [0.25, 0.3) is 0 Å². The van der Waals surface area contributed by atoms with Crippen LogP contribution in [0.4, 0.5) is 5.82 Å². The van der Waals surface area contributed by atoms with Crippen molar-refractivity contribution in [1.82, 2.24) is 19.7 Å². The fraction of sp³-hybridized carbons (Fsp3) is 0.269. The van der Waals surface area contributed by atoms with E-state index in [9.17, 15) is 5.11 Å². The van der Waals surface area contributed by atoms with Gasteiger partial charge in [-0.3, -0.25) is 0 Å². The molecule has 0 bridgehead atoms. The number of phenolic OH excluding ortho intramolecular Hbond substituents is 1. The van der Waals surface area contributed by atoms with Gasteiger partial charge in [0.15, 0.2) is 5.65 Å². The zero-order valence-corrected chi connectivity index (χ0v) is 19.7. The number of ether oxygens (including phenoxy) is 1. The van der Waals surface area contributed by atoms with E-state index >= 15 is 0 Å². The molecule has 0 fully saturated rings. The van der Waals surface area contributed by atoms with Gasteiger partial charge in [0.2, 0.25) is 0 Å². The number of aromatic nitrogens is 4. The van der Waals surface area contributed by atoms with Crippen molar-refractivity contribution in [3.05, 3.63) is 72.6 Å². The van der Waals surface area contributed by atoms with E-state index in [4.69, 9.17) is 15.6 Å². The Hall–Kier alpha value is -3.52. The van der Waals surface area contributed by atoms with E-state index in [0.29, 0.717) is 52.3 Å². The van der Waals surface area contributed by atoms with Crippen LogP contribution < -0.4 is 10.5 Å². The van der Waals surface area contributed by atoms with Gasteiger partial charge >= 0.3 is 0 Å². The van der Waals surface area contributed by atoms with Crippen molar-refractivity contribution in [2.24, 2.45) is 0 Å². The molecule has 1 aliphatic carbocycles. The highest BCUT2D eigenvalue weighted by Gasteiger charge is 2.21. The topological polar surface area (TPSA) is 99.1 Å². The SMILES string of the molecule is C=CCOc1cc(O)cc(-c2nn(CCSC3CCc4ccccc4C3)c3ncnc(N)c23)c1. The maximum Gasteiger partial charge on any atom is 0.163 e. The van der Waals surface area contributed by atoms with Crippen molar-refractivity contribution in [1.29, 1.82) is 0 Å². The van der Waals surface area contributed by atoms with Crippen LogP contribution >= 0.6 is 11.8 Å². The normalized spacial score (nSPS) is 15.2. The summed E-state index contributed by atoms with van der Waals surface area (Å²) < 4.78 is 7.52. The number of thioether (sulfide) groups is 1. The molecule has 8 heteroatoms. The maximum atomic E-state index is 10.3. The molecule has 1 unspecified atom stereocenters. The molecule has 5 rings (SSSR count). The molecular formula is C26H27N5O2S. The summed E-state index contributed by atoms with van der Waals surface area (Å²) in [6, 6.07) is 13.8. The van der Waals surface area contributed by atoms with Gasteiger partial charge in [-0.2, -0.15) is 16.9 Å². The van der Waals surface area contributed by atoms with Crippen LogP contribution in [0, 0.1) is 0 Å². The molecule has 1 aliphatic rings. The van der Waals surface area contributed by atoms with Crippen LogP contribution in [0.5, 0.6) is 11.5 Å². The lowest BCUT2D eigenvalue weighted by atomic mass is 9.92. The third-order valence-corrected chi connectivity index (χ3v) is 7.34. The average molecular weight is 474 g/mol. The first-order valence-electron chi connectivity index (χ1n) is 11.4. The van der Waals surface area contributed by atoms with Crippen molar-refractivity contribution in [3.8, 4) is 22.8 Å². The van der Waals surface area contributed by atoms with E-state index in [1.54, 1.807) is 18.2 Å². The predicted octanol–water partition coefficient (Wildman–Crippen LogP) is 4.64. The van der Waals surface area contributed by atoms with Crippen LogP contribution in [-0.4, -0.2) is 42.5 Å². The van der Waals surface area contributed by atoms with E-state index in [0.717, 1.165) is 18.6 Å². The van der Waals surface area contributed by atoms with Crippen LogP contribution in [0.25, 0.3) is 22.3 Å². The van der Waals surface area contributed by atoms with Gasteiger partial charge in [-0.05, 0) is 42.5 Å². The Morgan fingerprint density at radius 3 is 2.91 bits per heavy atom. The van der Waals surface area contributed by atoms with Gasteiger partial charge in [0.1, 0.15) is 35.9 Å². The van der Waals surface area contributed by atoms with Gasteiger partial charge in [-0.1, -0.05) is 36.9 Å². The Balaban J connectivity index is 1.38. The molecule has 0 radical (unpaired) electrons. The van der Waals surface area contributed by atoms with Crippen LogP contribution in [0.15, 0.2) is 61.4 Å². The molecule has 0 saturated carbocycles. The lowest BCUT2D eigenvalue weighted by Gasteiger charge is -2.24. The highest BCUT2D eigenvalue weighted by molar-refractivity contribution is 7.99. The number of hydrogen-bond acceptors (Lipinski definition) is 7. The van der Waals surface area contributed by atoms with Crippen LogP contribution in [0.1, 0.15) is 17.5 Å². The minimum atomic E-state index is 0.0859. The van der Waals surface area contributed by atoms with Crippen molar-refractivity contribution in [3.63, 3.8) is 0 Å². The van der Waals surface area contributed by atoms with Gasteiger partial charge in [0.05, 0.1) is 11.9 Å². The van der Waals surface area contributed by atoms with Crippen molar-refractivity contribution >= 4 is 28.6 Å². The Morgan fingerprint density at radius 1 is 1.21 bits per heavy atom. The number of hydrogen-bond donors (Lipinski definition) is 2. The van der Waals surface area contributed by atoms with E-state index in [1.807, 2.05) is 22.5 Å². The molecule has 174 valence electrons. The zero-order valence-electron chi connectivity index (χ0n) is 18.9. The number of benzene rings is 2. The highest BCUT2D eigenvalue weighted by atomic mass is 32.2. The number of fused-ring (bicyclic) bond motifs is 2. The second-order valence-electron chi connectivity index (χ2n) is 8.35.